The summed E-state index contributed by atoms with van der Waals surface area (Å²) in [4.78, 5) is 0. The molecule has 0 saturated carbocycles. The number of methoxy groups -OCH3 is 3. The van der Waals surface area contributed by atoms with E-state index in [4.69, 9.17) is 14.2 Å². The first-order chi connectivity index (χ1) is 7.22. The molecular formula is C12H16O3. The van der Waals surface area contributed by atoms with Crippen molar-refractivity contribution < 1.29 is 14.2 Å². The van der Waals surface area contributed by atoms with Gasteiger partial charge in [-0.25, -0.2) is 0 Å². The van der Waals surface area contributed by atoms with Gasteiger partial charge in [-0.1, -0.05) is 6.07 Å². The van der Waals surface area contributed by atoms with Gasteiger partial charge in [0.25, 0.3) is 0 Å². The van der Waals surface area contributed by atoms with Crippen LogP contribution in [0.2, 0.25) is 0 Å². The summed E-state index contributed by atoms with van der Waals surface area (Å²) in [6, 6.07) is 5.76. The SMILES string of the molecule is COC=C(C)c1ccc(OC)c(OC)c1. The van der Waals surface area contributed by atoms with Crippen molar-refractivity contribution in [2.75, 3.05) is 21.3 Å². The lowest BCUT2D eigenvalue weighted by Crippen LogP contribution is -1.91. The van der Waals surface area contributed by atoms with Gasteiger partial charge in [-0.15, -0.1) is 0 Å². The lowest BCUT2D eigenvalue weighted by Gasteiger charge is -2.09. The van der Waals surface area contributed by atoms with E-state index in [0.29, 0.717) is 0 Å². The Bertz CT molecular complexity index is 356. The fourth-order valence-electron chi connectivity index (χ4n) is 1.33. The van der Waals surface area contributed by atoms with E-state index in [2.05, 4.69) is 0 Å². The third-order valence-electron chi connectivity index (χ3n) is 2.13. The Morgan fingerprint density at radius 2 is 1.73 bits per heavy atom. The molecule has 0 fully saturated rings. The van der Waals surface area contributed by atoms with Crippen molar-refractivity contribution in [2.24, 2.45) is 0 Å². The van der Waals surface area contributed by atoms with Crippen LogP contribution in [0.25, 0.3) is 5.57 Å². The molecule has 0 heterocycles. The Kier molecular flexibility index (Phi) is 4.03. The zero-order valence-electron chi connectivity index (χ0n) is 9.53. The summed E-state index contributed by atoms with van der Waals surface area (Å²) in [5, 5.41) is 0. The van der Waals surface area contributed by atoms with Crippen molar-refractivity contribution >= 4 is 5.57 Å². The first-order valence-electron chi connectivity index (χ1n) is 4.65. The van der Waals surface area contributed by atoms with Gasteiger partial charge in [-0.05, 0) is 30.2 Å². The summed E-state index contributed by atoms with van der Waals surface area (Å²) in [6.07, 6.45) is 1.70. The second-order valence-electron chi connectivity index (χ2n) is 3.11. The molecule has 0 atom stereocenters. The van der Waals surface area contributed by atoms with Crippen molar-refractivity contribution in [2.45, 2.75) is 6.92 Å². The predicted molar refractivity (Wildman–Crippen MR) is 60.2 cm³/mol. The summed E-state index contributed by atoms with van der Waals surface area (Å²) < 4.78 is 15.3. The van der Waals surface area contributed by atoms with Crippen LogP contribution < -0.4 is 9.47 Å². The number of benzene rings is 1. The van der Waals surface area contributed by atoms with Crippen LogP contribution in [0.4, 0.5) is 0 Å². The molecule has 15 heavy (non-hydrogen) atoms. The molecule has 0 spiro atoms. The summed E-state index contributed by atoms with van der Waals surface area (Å²) in [5.74, 6) is 1.45. The van der Waals surface area contributed by atoms with Crippen LogP contribution in [0.1, 0.15) is 12.5 Å². The van der Waals surface area contributed by atoms with Gasteiger partial charge in [0.1, 0.15) is 0 Å². The monoisotopic (exact) mass is 208 g/mol. The van der Waals surface area contributed by atoms with Gasteiger partial charge in [-0.3, -0.25) is 0 Å². The largest absolute Gasteiger partial charge is 0.504 e. The first-order valence-corrected chi connectivity index (χ1v) is 4.65. The van der Waals surface area contributed by atoms with E-state index < -0.39 is 0 Å². The van der Waals surface area contributed by atoms with Gasteiger partial charge in [0.2, 0.25) is 0 Å². The number of ether oxygens (including phenoxy) is 3. The van der Waals surface area contributed by atoms with E-state index in [-0.39, 0.29) is 0 Å². The normalized spacial score (nSPS) is 11.1. The molecule has 0 N–H and O–H groups in total. The Morgan fingerprint density at radius 3 is 2.27 bits per heavy atom. The van der Waals surface area contributed by atoms with Gasteiger partial charge in [0.15, 0.2) is 11.5 Å². The van der Waals surface area contributed by atoms with Crippen LogP contribution in [-0.4, -0.2) is 21.3 Å². The molecule has 0 radical (unpaired) electrons. The van der Waals surface area contributed by atoms with Crippen molar-refractivity contribution in [1.29, 1.82) is 0 Å². The Hall–Kier alpha value is -1.64. The quantitative estimate of drug-likeness (QED) is 0.712. The Morgan fingerprint density at radius 1 is 1.07 bits per heavy atom. The smallest absolute Gasteiger partial charge is 0.161 e. The maximum Gasteiger partial charge on any atom is 0.161 e. The molecule has 0 unspecified atom stereocenters. The third-order valence-corrected chi connectivity index (χ3v) is 2.13. The van der Waals surface area contributed by atoms with Gasteiger partial charge in [0.05, 0.1) is 27.6 Å². The van der Waals surface area contributed by atoms with Crippen LogP contribution in [0.15, 0.2) is 24.5 Å². The Labute approximate surface area is 90.3 Å². The van der Waals surface area contributed by atoms with Gasteiger partial charge >= 0.3 is 0 Å². The Balaban J connectivity index is 3.08. The summed E-state index contributed by atoms with van der Waals surface area (Å²) >= 11 is 0. The molecule has 1 rings (SSSR count). The van der Waals surface area contributed by atoms with Crippen molar-refractivity contribution in [1.82, 2.24) is 0 Å². The molecule has 0 saturated heterocycles. The van der Waals surface area contributed by atoms with Gasteiger partial charge in [-0.2, -0.15) is 0 Å². The number of allylic oxidation sites excluding steroid dienone is 1. The molecule has 82 valence electrons. The zero-order valence-corrected chi connectivity index (χ0v) is 9.53. The van der Waals surface area contributed by atoms with E-state index in [0.717, 1.165) is 22.6 Å². The molecule has 0 aliphatic rings. The summed E-state index contributed by atoms with van der Waals surface area (Å²) in [5.41, 5.74) is 2.09. The highest BCUT2D eigenvalue weighted by molar-refractivity contribution is 5.65. The zero-order chi connectivity index (χ0) is 11.3. The highest BCUT2D eigenvalue weighted by atomic mass is 16.5. The third kappa shape index (κ3) is 2.65. The molecule has 3 nitrogen and oxygen atoms in total. The standard InChI is InChI=1S/C12H16O3/c1-9(8-13-2)10-5-6-11(14-3)12(7-10)15-4/h5-8H,1-4H3. The van der Waals surface area contributed by atoms with Crippen LogP contribution >= 0.6 is 0 Å². The first kappa shape index (κ1) is 11.4. The molecule has 0 aromatic heterocycles. The van der Waals surface area contributed by atoms with E-state index >= 15 is 0 Å². The molecule has 0 aliphatic carbocycles. The molecule has 1 aromatic rings. The topological polar surface area (TPSA) is 27.7 Å². The van der Waals surface area contributed by atoms with Crippen molar-refractivity contribution in [3.8, 4) is 11.5 Å². The second kappa shape index (κ2) is 5.29. The van der Waals surface area contributed by atoms with Crippen LogP contribution in [-0.2, 0) is 4.74 Å². The van der Waals surface area contributed by atoms with Crippen molar-refractivity contribution in [3.63, 3.8) is 0 Å². The number of hydrogen-bond acceptors (Lipinski definition) is 3. The van der Waals surface area contributed by atoms with Crippen LogP contribution in [0.5, 0.6) is 11.5 Å². The number of hydrogen-bond donors (Lipinski definition) is 0. The highest BCUT2D eigenvalue weighted by Crippen LogP contribution is 2.30. The van der Waals surface area contributed by atoms with Crippen LogP contribution in [0, 0.1) is 0 Å². The van der Waals surface area contributed by atoms with Crippen LogP contribution in [0.3, 0.4) is 0 Å². The fourth-order valence-corrected chi connectivity index (χ4v) is 1.33. The van der Waals surface area contributed by atoms with E-state index in [1.54, 1.807) is 27.6 Å². The van der Waals surface area contributed by atoms with E-state index in [1.165, 1.54) is 0 Å². The maximum absolute atomic E-state index is 5.21. The second-order valence-corrected chi connectivity index (χ2v) is 3.11. The predicted octanol–water partition coefficient (Wildman–Crippen LogP) is 2.71. The minimum absolute atomic E-state index is 0.721. The van der Waals surface area contributed by atoms with E-state index in [9.17, 15) is 0 Å². The average molecular weight is 208 g/mol. The van der Waals surface area contributed by atoms with Crippen molar-refractivity contribution in [3.05, 3.63) is 30.0 Å². The fraction of sp³-hybridized carbons (Fsp3) is 0.333. The number of rotatable bonds is 4. The maximum atomic E-state index is 5.21. The minimum Gasteiger partial charge on any atom is -0.504 e. The summed E-state index contributed by atoms with van der Waals surface area (Å²) in [7, 11) is 4.87. The molecule has 3 heteroatoms. The highest BCUT2D eigenvalue weighted by Gasteiger charge is 2.05. The molecule has 0 amide bonds. The summed E-state index contributed by atoms with van der Waals surface area (Å²) in [6.45, 7) is 1.98. The average Bonchev–Trinajstić information content (AvgIpc) is 2.28. The lowest BCUT2D eigenvalue weighted by atomic mass is 10.1. The molecule has 1 aromatic carbocycles. The molecule has 0 bridgehead atoms. The van der Waals surface area contributed by atoms with E-state index in [1.807, 2.05) is 25.1 Å². The van der Waals surface area contributed by atoms with Gasteiger partial charge in [0, 0.05) is 0 Å². The molecular weight excluding hydrogens is 192 g/mol. The molecule has 0 aliphatic heterocycles. The lowest BCUT2D eigenvalue weighted by molar-refractivity contribution is 0.339. The minimum atomic E-state index is 0.721. The van der Waals surface area contributed by atoms with Gasteiger partial charge < -0.3 is 14.2 Å².